The Kier molecular flexibility index (Phi) is 3.77. The summed E-state index contributed by atoms with van der Waals surface area (Å²) in [5.74, 6) is 0.0200. The van der Waals surface area contributed by atoms with Gasteiger partial charge < -0.3 is 11.1 Å². The first-order chi connectivity index (χ1) is 8.25. The molecule has 0 aliphatic carbocycles. The number of para-hydroxylation sites is 1. The van der Waals surface area contributed by atoms with Gasteiger partial charge in [-0.3, -0.25) is 4.79 Å². The number of hydrogen-bond donors (Lipinski definition) is 2. The normalized spacial score (nSPS) is 10.1. The summed E-state index contributed by atoms with van der Waals surface area (Å²) in [5, 5.41) is 6.82. The van der Waals surface area contributed by atoms with Crippen molar-refractivity contribution in [2.75, 3.05) is 5.73 Å². The molecule has 17 heavy (non-hydrogen) atoms. The molecule has 0 bridgehead atoms. The van der Waals surface area contributed by atoms with Crippen LogP contribution in [0, 0.1) is 0 Å². The summed E-state index contributed by atoms with van der Waals surface area (Å²) in [6, 6.07) is 9.50. The number of rotatable bonds is 4. The van der Waals surface area contributed by atoms with Crippen molar-refractivity contribution in [2.24, 2.45) is 0 Å². The Bertz CT molecular complexity index is 494. The molecule has 3 N–H and O–H groups in total. The van der Waals surface area contributed by atoms with Gasteiger partial charge in [-0.1, -0.05) is 18.2 Å². The lowest BCUT2D eigenvalue weighted by molar-refractivity contribution is -0.120. The zero-order valence-electron chi connectivity index (χ0n) is 9.35. The summed E-state index contributed by atoms with van der Waals surface area (Å²) < 4.78 is 0. The highest BCUT2D eigenvalue weighted by Gasteiger charge is 2.04. The van der Waals surface area contributed by atoms with Crippen molar-refractivity contribution in [1.29, 1.82) is 0 Å². The molecule has 1 aromatic carbocycles. The van der Waals surface area contributed by atoms with Crippen LogP contribution in [0.4, 0.5) is 5.69 Å². The van der Waals surface area contributed by atoms with Crippen molar-refractivity contribution >= 4 is 22.9 Å². The predicted octanol–water partition coefficient (Wildman–Crippen LogP) is 2.19. The number of benzene rings is 1. The molecule has 0 saturated carbocycles. The Balaban J connectivity index is 1.86. The first-order valence-electron chi connectivity index (χ1n) is 5.37. The van der Waals surface area contributed by atoms with E-state index >= 15 is 0 Å². The molecule has 0 unspecified atom stereocenters. The van der Waals surface area contributed by atoms with Crippen LogP contribution in [-0.2, 0) is 17.8 Å². The van der Waals surface area contributed by atoms with E-state index in [-0.39, 0.29) is 5.91 Å². The van der Waals surface area contributed by atoms with Crippen molar-refractivity contribution in [1.82, 2.24) is 5.32 Å². The van der Waals surface area contributed by atoms with Crippen molar-refractivity contribution in [3.05, 3.63) is 52.2 Å². The molecular weight excluding hydrogens is 232 g/mol. The Hall–Kier alpha value is -1.81. The standard InChI is InChI=1S/C13H14N2OS/c14-12-4-2-1-3-11(12)8-15-13(16)7-10-5-6-17-9-10/h1-6,9H,7-8,14H2,(H,15,16). The molecule has 1 amide bonds. The average molecular weight is 246 g/mol. The van der Waals surface area contributed by atoms with E-state index in [9.17, 15) is 4.79 Å². The summed E-state index contributed by atoms with van der Waals surface area (Å²) >= 11 is 1.60. The number of hydrogen-bond acceptors (Lipinski definition) is 3. The fourth-order valence-corrected chi connectivity index (χ4v) is 2.20. The number of nitrogen functional groups attached to an aromatic ring is 1. The van der Waals surface area contributed by atoms with E-state index in [4.69, 9.17) is 5.73 Å². The van der Waals surface area contributed by atoms with Gasteiger partial charge >= 0.3 is 0 Å². The second kappa shape index (κ2) is 5.50. The van der Waals surface area contributed by atoms with E-state index in [0.29, 0.717) is 18.7 Å². The molecule has 0 spiro atoms. The van der Waals surface area contributed by atoms with Gasteiger partial charge in [0.25, 0.3) is 0 Å². The second-order valence-corrected chi connectivity index (χ2v) is 4.56. The van der Waals surface area contributed by atoms with Crippen LogP contribution in [0.2, 0.25) is 0 Å². The Morgan fingerprint density at radius 2 is 2.12 bits per heavy atom. The van der Waals surface area contributed by atoms with E-state index < -0.39 is 0 Å². The fourth-order valence-electron chi connectivity index (χ4n) is 1.53. The topological polar surface area (TPSA) is 55.1 Å². The van der Waals surface area contributed by atoms with Gasteiger partial charge in [0, 0.05) is 12.2 Å². The van der Waals surface area contributed by atoms with E-state index in [1.807, 2.05) is 41.1 Å². The molecule has 0 radical (unpaired) electrons. The number of nitrogens with one attached hydrogen (secondary N) is 1. The van der Waals surface area contributed by atoms with Gasteiger partial charge in [0.05, 0.1) is 6.42 Å². The van der Waals surface area contributed by atoms with Gasteiger partial charge in [0.1, 0.15) is 0 Å². The smallest absolute Gasteiger partial charge is 0.224 e. The van der Waals surface area contributed by atoms with Gasteiger partial charge in [0.15, 0.2) is 0 Å². The minimum Gasteiger partial charge on any atom is -0.398 e. The molecule has 4 heteroatoms. The number of thiophene rings is 1. The van der Waals surface area contributed by atoms with Crippen LogP contribution in [0.5, 0.6) is 0 Å². The Labute approximate surface area is 104 Å². The summed E-state index contributed by atoms with van der Waals surface area (Å²) in [6.07, 6.45) is 0.427. The monoisotopic (exact) mass is 246 g/mol. The maximum Gasteiger partial charge on any atom is 0.224 e. The van der Waals surface area contributed by atoms with Crippen molar-refractivity contribution in [3.8, 4) is 0 Å². The van der Waals surface area contributed by atoms with Gasteiger partial charge in [0.2, 0.25) is 5.91 Å². The maximum atomic E-state index is 11.6. The highest BCUT2D eigenvalue weighted by atomic mass is 32.1. The van der Waals surface area contributed by atoms with Crippen LogP contribution in [0.3, 0.4) is 0 Å². The first-order valence-corrected chi connectivity index (χ1v) is 6.31. The SMILES string of the molecule is Nc1ccccc1CNC(=O)Cc1ccsc1. The predicted molar refractivity (Wildman–Crippen MR) is 70.7 cm³/mol. The summed E-state index contributed by atoms with van der Waals surface area (Å²) in [7, 11) is 0. The largest absolute Gasteiger partial charge is 0.398 e. The average Bonchev–Trinajstić information content (AvgIpc) is 2.81. The zero-order chi connectivity index (χ0) is 12.1. The molecule has 0 fully saturated rings. The zero-order valence-corrected chi connectivity index (χ0v) is 10.2. The molecule has 3 nitrogen and oxygen atoms in total. The number of anilines is 1. The molecule has 1 aromatic heterocycles. The molecule has 0 aliphatic heterocycles. The number of amides is 1. The highest BCUT2D eigenvalue weighted by molar-refractivity contribution is 7.07. The fraction of sp³-hybridized carbons (Fsp3) is 0.154. The van der Waals surface area contributed by atoms with Crippen LogP contribution in [0.15, 0.2) is 41.1 Å². The molecule has 0 aliphatic rings. The third kappa shape index (κ3) is 3.32. The number of carbonyl (C=O) groups excluding carboxylic acids is 1. The van der Waals surface area contributed by atoms with Gasteiger partial charge in [-0.15, -0.1) is 0 Å². The van der Waals surface area contributed by atoms with Crippen LogP contribution < -0.4 is 11.1 Å². The summed E-state index contributed by atoms with van der Waals surface area (Å²) in [5.41, 5.74) is 8.50. The van der Waals surface area contributed by atoms with E-state index in [1.165, 1.54) is 0 Å². The molecule has 1 heterocycles. The van der Waals surface area contributed by atoms with Gasteiger partial charge in [-0.05, 0) is 34.0 Å². The molecule has 88 valence electrons. The second-order valence-electron chi connectivity index (χ2n) is 3.78. The van der Waals surface area contributed by atoms with E-state index in [0.717, 1.165) is 11.1 Å². The molecular formula is C13H14N2OS. The quantitative estimate of drug-likeness (QED) is 0.812. The molecule has 0 saturated heterocycles. The van der Waals surface area contributed by atoms with E-state index in [1.54, 1.807) is 11.3 Å². The Morgan fingerprint density at radius 3 is 2.82 bits per heavy atom. The minimum absolute atomic E-state index is 0.0200. The Morgan fingerprint density at radius 1 is 1.29 bits per heavy atom. The van der Waals surface area contributed by atoms with Crippen molar-refractivity contribution in [3.63, 3.8) is 0 Å². The lowest BCUT2D eigenvalue weighted by Gasteiger charge is -2.07. The third-order valence-corrected chi connectivity index (χ3v) is 3.21. The van der Waals surface area contributed by atoms with Crippen molar-refractivity contribution < 1.29 is 4.79 Å². The lowest BCUT2D eigenvalue weighted by atomic mass is 10.1. The van der Waals surface area contributed by atoms with Gasteiger partial charge in [-0.2, -0.15) is 11.3 Å². The van der Waals surface area contributed by atoms with Crippen LogP contribution in [0.1, 0.15) is 11.1 Å². The van der Waals surface area contributed by atoms with Crippen LogP contribution >= 0.6 is 11.3 Å². The highest BCUT2D eigenvalue weighted by Crippen LogP contribution is 2.10. The molecule has 0 atom stereocenters. The number of nitrogens with two attached hydrogens (primary N) is 1. The van der Waals surface area contributed by atoms with E-state index in [2.05, 4.69) is 5.32 Å². The van der Waals surface area contributed by atoms with Gasteiger partial charge in [-0.25, -0.2) is 0 Å². The number of carbonyl (C=O) groups is 1. The van der Waals surface area contributed by atoms with Crippen molar-refractivity contribution in [2.45, 2.75) is 13.0 Å². The lowest BCUT2D eigenvalue weighted by Crippen LogP contribution is -2.24. The molecule has 2 aromatic rings. The third-order valence-electron chi connectivity index (χ3n) is 2.48. The minimum atomic E-state index is 0.0200. The van der Waals surface area contributed by atoms with Crippen LogP contribution in [-0.4, -0.2) is 5.91 Å². The van der Waals surface area contributed by atoms with Crippen LogP contribution in [0.25, 0.3) is 0 Å². The summed E-state index contributed by atoms with van der Waals surface area (Å²) in [4.78, 5) is 11.6. The summed E-state index contributed by atoms with van der Waals surface area (Å²) in [6.45, 7) is 0.482. The molecule has 2 rings (SSSR count). The first kappa shape index (κ1) is 11.7. The maximum absolute atomic E-state index is 11.6.